The fraction of sp³-hybridized carbons (Fsp3) is 0. The third kappa shape index (κ3) is 0.320. The molecule has 2 aromatic heterocycles. The molecule has 0 aliphatic carbocycles. The summed E-state index contributed by atoms with van der Waals surface area (Å²) in [5.74, 6) is 0. The Balaban J connectivity index is 3.06. The minimum absolute atomic E-state index is 0.796. The lowest BCUT2D eigenvalue weighted by Crippen LogP contribution is -1.50. The van der Waals surface area contributed by atoms with Crippen LogP contribution < -0.4 is 0 Å². The number of fused-ring (bicyclic) bond motifs is 1. The van der Waals surface area contributed by atoms with Gasteiger partial charge in [-0.3, -0.25) is 0 Å². The second-order valence-electron chi connectivity index (χ2n) is 1.62. The minimum atomic E-state index is 0.796. The van der Waals surface area contributed by atoms with E-state index in [1.165, 1.54) is 0 Å². The molecule has 0 fully saturated rings. The molecule has 0 aliphatic rings. The van der Waals surface area contributed by atoms with Gasteiger partial charge in [-0.05, 0) is 12.1 Å². The van der Waals surface area contributed by atoms with Crippen LogP contribution in [-0.2, 0) is 0 Å². The molecule has 1 radical (unpaired) electrons. The lowest BCUT2D eigenvalue weighted by atomic mass is 10.4. The first kappa shape index (κ1) is 3.78. The Labute approximate surface area is 46.1 Å². The highest BCUT2D eigenvalue weighted by atomic mass is 16.3. The van der Waals surface area contributed by atoms with Gasteiger partial charge >= 0.3 is 0 Å². The quantitative estimate of drug-likeness (QED) is 0.542. The van der Waals surface area contributed by atoms with Crippen molar-refractivity contribution in [3.05, 3.63) is 24.6 Å². The fourth-order valence-electron chi connectivity index (χ4n) is 0.714. The molecule has 0 unspecified atom stereocenters. The Morgan fingerprint density at radius 1 is 1.62 bits per heavy atom. The topological polar surface area (TPSA) is 28.9 Å². The molecule has 0 aliphatic heterocycles. The summed E-state index contributed by atoms with van der Waals surface area (Å²) < 4.78 is 4.97. The number of hydrogen-bond acceptors (Lipinski definition) is 1. The Kier molecular flexibility index (Phi) is 0.545. The highest BCUT2D eigenvalue weighted by Crippen LogP contribution is 2.10. The van der Waals surface area contributed by atoms with Crippen LogP contribution >= 0.6 is 0 Å². The molecule has 0 bridgehead atoms. The van der Waals surface area contributed by atoms with Gasteiger partial charge in [-0.15, -0.1) is 0 Å². The van der Waals surface area contributed by atoms with E-state index in [1.54, 1.807) is 6.26 Å². The molecule has 0 amide bonds. The van der Waals surface area contributed by atoms with Crippen LogP contribution in [0.25, 0.3) is 11.1 Å². The van der Waals surface area contributed by atoms with Gasteiger partial charge in [0.1, 0.15) is 0 Å². The average molecular weight is 106 g/mol. The zero-order valence-corrected chi connectivity index (χ0v) is 4.14. The summed E-state index contributed by atoms with van der Waals surface area (Å²) in [5.41, 5.74) is 0.796. The van der Waals surface area contributed by atoms with Gasteiger partial charge in [0, 0.05) is 5.39 Å². The molecule has 0 saturated carbocycles. The Hall–Kier alpha value is -1.18. The van der Waals surface area contributed by atoms with Gasteiger partial charge in [-0.1, -0.05) is 0 Å². The highest BCUT2D eigenvalue weighted by molar-refractivity contribution is 5.73. The first-order valence-electron chi connectivity index (χ1n) is 2.39. The molecular formula is C6H4NO. The maximum atomic E-state index is 4.97. The molecule has 0 atom stereocenters. The van der Waals surface area contributed by atoms with Gasteiger partial charge in [0.2, 0.25) is 5.71 Å². The molecule has 2 nitrogen and oxygen atoms in total. The van der Waals surface area contributed by atoms with E-state index in [2.05, 4.69) is 11.2 Å². The summed E-state index contributed by atoms with van der Waals surface area (Å²) in [4.78, 5) is 2.81. The molecule has 0 spiro atoms. The second-order valence-corrected chi connectivity index (χ2v) is 1.62. The molecule has 0 aromatic carbocycles. The molecular weight excluding hydrogens is 102 g/mol. The summed E-state index contributed by atoms with van der Waals surface area (Å²) in [5, 5.41) is 1.07. The zero-order chi connectivity index (χ0) is 5.40. The molecule has 2 aromatic rings. The van der Waals surface area contributed by atoms with Gasteiger partial charge in [-0.25, -0.2) is 0 Å². The second kappa shape index (κ2) is 1.15. The lowest BCUT2D eigenvalue weighted by molar-refractivity contribution is 0.604. The van der Waals surface area contributed by atoms with E-state index in [1.807, 2.05) is 12.1 Å². The zero-order valence-electron chi connectivity index (χ0n) is 4.14. The highest BCUT2D eigenvalue weighted by Gasteiger charge is 1.92. The van der Waals surface area contributed by atoms with Crippen LogP contribution in [0.2, 0.25) is 0 Å². The largest absolute Gasteiger partial charge is 0.448 e. The van der Waals surface area contributed by atoms with Crippen molar-refractivity contribution in [3.8, 4) is 0 Å². The maximum Gasteiger partial charge on any atom is 0.204 e. The first-order valence-corrected chi connectivity index (χ1v) is 2.39. The van der Waals surface area contributed by atoms with Crippen LogP contribution in [0.4, 0.5) is 0 Å². The number of aromatic amines is 1. The smallest absolute Gasteiger partial charge is 0.204 e. The summed E-state index contributed by atoms with van der Waals surface area (Å²) in [6.45, 7) is 0. The van der Waals surface area contributed by atoms with Crippen molar-refractivity contribution >= 4 is 11.1 Å². The van der Waals surface area contributed by atoms with Crippen molar-refractivity contribution in [2.45, 2.75) is 0 Å². The van der Waals surface area contributed by atoms with E-state index in [0.717, 1.165) is 11.1 Å². The summed E-state index contributed by atoms with van der Waals surface area (Å²) >= 11 is 0. The predicted molar refractivity (Wildman–Crippen MR) is 29.4 cm³/mol. The minimum Gasteiger partial charge on any atom is -0.448 e. The Bertz CT molecular complexity index is 230. The predicted octanol–water partition coefficient (Wildman–Crippen LogP) is 1.56. The average Bonchev–Trinajstić information content (AvgIpc) is 2.15. The Morgan fingerprint density at radius 2 is 2.62 bits per heavy atom. The first-order chi connectivity index (χ1) is 3.97. The number of nitrogens with one attached hydrogen (secondary N) is 1. The van der Waals surface area contributed by atoms with E-state index >= 15 is 0 Å². The van der Waals surface area contributed by atoms with Crippen LogP contribution in [0.1, 0.15) is 0 Å². The number of rotatable bonds is 0. The van der Waals surface area contributed by atoms with Gasteiger partial charge in [0.15, 0.2) is 0 Å². The van der Waals surface area contributed by atoms with Crippen molar-refractivity contribution < 1.29 is 4.42 Å². The fourth-order valence-corrected chi connectivity index (χ4v) is 0.714. The van der Waals surface area contributed by atoms with Crippen LogP contribution in [0.15, 0.2) is 22.8 Å². The SMILES string of the molecule is [c]1cc2ccoc2[nH]1. The number of furan rings is 1. The van der Waals surface area contributed by atoms with Crippen molar-refractivity contribution in [1.82, 2.24) is 4.98 Å². The van der Waals surface area contributed by atoms with Crippen LogP contribution in [0, 0.1) is 6.20 Å². The standard InChI is InChI=1S/C6H4NO/c1-3-7-6-5(1)2-4-8-6/h1-2,4,7H. The molecule has 39 valence electrons. The number of aromatic nitrogens is 1. The van der Waals surface area contributed by atoms with Crippen LogP contribution in [0.5, 0.6) is 0 Å². The molecule has 8 heavy (non-hydrogen) atoms. The van der Waals surface area contributed by atoms with E-state index in [0.29, 0.717) is 0 Å². The Morgan fingerprint density at radius 3 is 3.50 bits per heavy atom. The number of hydrogen-bond donors (Lipinski definition) is 1. The van der Waals surface area contributed by atoms with Crippen molar-refractivity contribution in [2.24, 2.45) is 0 Å². The van der Waals surface area contributed by atoms with E-state index in [4.69, 9.17) is 4.42 Å². The molecule has 0 saturated heterocycles. The summed E-state index contributed by atoms with van der Waals surface area (Å²) in [7, 11) is 0. The summed E-state index contributed by atoms with van der Waals surface area (Å²) in [6, 6.07) is 3.74. The van der Waals surface area contributed by atoms with E-state index in [-0.39, 0.29) is 0 Å². The monoisotopic (exact) mass is 106 g/mol. The molecule has 2 heterocycles. The normalized spacial score (nSPS) is 10.5. The van der Waals surface area contributed by atoms with Gasteiger partial charge in [0.25, 0.3) is 0 Å². The van der Waals surface area contributed by atoms with Gasteiger partial charge in [0.05, 0.1) is 12.5 Å². The molecule has 2 rings (SSSR count). The molecule has 1 N–H and O–H groups in total. The van der Waals surface area contributed by atoms with Crippen LogP contribution in [0.3, 0.4) is 0 Å². The number of H-pyrrole nitrogens is 1. The van der Waals surface area contributed by atoms with Gasteiger partial charge < -0.3 is 9.40 Å². The van der Waals surface area contributed by atoms with Gasteiger partial charge in [-0.2, -0.15) is 0 Å². The van der Waals surface area contributed by atoms with E-state index in [9.17, 15) is 0 Å². The van der Waals surface area contributed by atoms with Crippen molar-refractivity contribution in [3.63, 3.8) is 0 Å². The molecule has 2 heteroatoms. The third-order valence-electron chi connectivity index (χ3n) is 1.11. The van der Waals surface area contributed by atoms with Crippen molar-refractivity contribution in [2.75, 3.05) is 0 Å². The third-order valence-corrected chi connectivity index (χ3v) is 1.11. The lowest BCUT2D eigenvalue weighted by Gasteiger charge is -1.67. The van der Waals surface area contributed by atoms with Crippen LogP contribution in [-0.4, -0.2) is 4.98 Å². The van der Waals surface area contributed by atoms with E-state index < -0.39 is 0 Å². The maximum absolute atomic E-state index is 4.97. The van der Waals surface area contributed by atoms with Crippen molar-refractivity contribution in [1.29, 1.82) is 0 Å². The summed E-state index contributed by atoms with van der Waals surface area (Å²) in [6.07, 6.45) is 4.45.